The standard InChI is InChI=1S/C11H15ClN2O/c1-3-7(2)14-11(15)9-5-4-8(12)6-10(9)13/h4-7H,3,13H2,1-2H3,(H,14,15). The molecule has 0 spiro atoms. The average Bonchev–Trinajstić information content (AvgIpc) is 2.17. The minimum atomic E-state index is -0.154. The lowest BCUT2D eigenvalue weighted by Gasteiger charge is -2.12. The van der Waals surface area contributed by atoms with Gasteiger partial charge in [-0.05, 0) is 31.5 Å². The van der Waals surface area contributed by atoms with Crippen LogP contribution in [0, 0.1) is 0 Å². The molecule has 1 aromatic rings. The quantitative estimate of drug-likeness (QED) is 0.778. The van der Waals surface area contributed by atoms with Crippen LogP contribution in [0.2, 0.25) is 5.02 Å². The summed E-state index contributed by atoms with van der Waals surface area (Å²) in [5.74, 6) is -0.154. The topological polar surface area (TPSA) is 55.1 Å². The Labute approximate surface area is 94.6 Å². The fourth-order valence-electron chi connectivity index (χ4n) is 1.14. The number of halogens is 1. The highest BCUT2D eigenvalue weighted by Crippen LogP contribution is 2.17. The van der Waals surface area contributed by atoms with Crippen LogP contribution in [-0.2, 0) is 0 Å². The molecule has 15 heavy (non-hydrogen) atoms. The number of hydrogen-bond donors (Lipinski definition) is 2. The van der Waals surface area contributed by atoms with Gasteiger partial charge < -0.3 is 11.1 Å². The number of amides is 1. The Morgan fingerprint density at radius 1 is 1.60 bits per heavy atom. The average molecular weight is 227 g/mol. The number of carbonyl (C=O) groups excluding carboxylic acids is 1. The van der Waals surface area contributed by atoms with Gasteiger partial charge in [0, 0.05) is 16.8 Å². The molecule has 0 aromatic heterocycles. The number of nitrogens with one attached hydrogen (secondary N) is 1. The second-order valence-corrected chi connectivity index (χ2v) is 3.95. The van der Waals surface area contributed by atoms with Crippen molar-refractivity contribution in [3.8, 4) is 0 Å². The molecule has 1 rings (SSSR count). The Kier molecular flexibility index (Phi) is 3.97. The predicted octanol–water partition coefficient (Wildman–Crippen LogP) is 2.45. The maximum atomic E-state index is 11.7. The van der Waals surface area contributed by atoms with Crippen molar-refractivity contribution < 1.29 is 4.79 Å². The second kappa shape index (κ2) is 5.03. The zero-order valence-corrected chi connectivity index (χ0v) is 9.64. The minimum Gasteiger partial charge on any atom is -0.398 e. The van der Waals surface area contributed by atoms with Gasteiger partial charge in [0.1, 0.15) is 0 Å². The Morgan fingerprint density at radius 2 is 2.27 bits per heavy atom. The number of carbonyl (C=O) groups is 1. The van der Waals surface area contributed by atoms with E-state index in [1.54, 1.807) is 18.2 Å². The summed E-state index contributed by atoms with van der Waals surface area (Å²) in [4.78, 5) is 11.7. The van der Waals surface area contributed by atoms with Crippen molar-refractivity contribution >= 4 is 23.2 Å². The van der Waals surface area contributed by atoms with Crippen LogP contribution in [0.1, 0.15) is 30.6 Å². The third-order valence-corrected chi connectivity index (χ3v) is 2.48. The molecule has 0 aliphatic heterocycles. The van der Waals surface area contributed by atoms with E-state index in [-0.39, 0.29) is 11.9 Å². The summed E-state index contributed by atoms with van der Waals surface area (Å²) in [6.07, 6.45) is 0.888. The third-order valence-electron chi connectivity index (χ3n) is 2.25. The molecule has 0 radical (unpaired) electrons. The zero-order chi connectivity index (χ0) is 11.4. The lowest BCUT2D eigenvalue weighted by atomic mass is 10.1. The molecule has 1 unspecified atom stereocenters. The molecule has 1 amide bonds. The molecule has 0 aliphatic rings. The van der Waals surface area contributed by atoms with Crippen molar-refractivity contribution in [1.29, 1.82) is 0 Å². The van der Waals surface area contributed by atoms with Gasteiger partial charge in [-0.1, -0.05) is 18.5 Å². The number of rotatable bonds is 3. The Morgan fingerprint density at radius 3 is 2.80 bits per heavy atom. The van der Waals surface area contributed by atoms with Crippen LogP contribution in [-0.4, -0.2) is 11.9 Å². The van der Waals surface area contributed by atoms with Gasteiger partial charge >= 0.3 is 0 Å². The highest BCUT2D eigenvalue weighted by molar-refractivity contribution is 6.31. The Bertz CT molecular complexity index is 366. The highest BCUT2D eigenvalue weighted by Gasteiger charge is 2.11. The fraction of sp³-hybridized carbons (Fsp3) is 0.364. The van der Waals surface area contributed by atoms with Gasteiger partial charge in [-0.2, -0.15) is 0 Å². The van der Waals surface area contributed by atoms with Gasteiger partial charge in [0.2, 0.25) is 0 Å². The van der Waals surface area contributed by atoms with Crippen LogP contribution < -0.4 is 11.1 Å². The van der Waals surface area contributed by atoms with E-state index in [2.05, 4.69) is 5.32 Å². The van der Waals surface area contributed by atoms with E-state index in [1.807, 2.05) is 13.8 Å². The van der Waals surface area contributed by atoms with E-state index < -0.39 is 0 Å². The molecule has 3 nitrogen and oxygen atoms in total. The first-order valence-electron chi connectivity index (χ1n) is 4.90. The molecule has 0 saturated heterocycles. The molecule has 0 bridgehead atoms. The molecule has 3 N–H and O–H groups in total. The molecule has 4 heteroatoms. The smallest absolute Gasteiger partial charge is 0.253 e. The van der Waals surface area contributed by atoms with Crippen molar-refractivity contribution in [2.45, 2.75) is 26.3 Å². The van der Waals surface area contributed by atoms with E-state index in [0.717, 1.165) is 6.42 Å². The summed E-state index contributed by atoms with van der Waals surface area (Å²) < 4.78 is 0. The molecule has 0 aliphatic carbocycles. The predicted molar refractivity (Wildman–Crippen MR) is 63.1 cm³/mol. The fourth-order valence-corrected chi connectivity index (χ4v) is 1.32. The number of nitrogen functional groups attached to an aromatic ring is 1. The van der Waals surface area contributed by atoms with Gasteiger partial charge in [-0.3, -0.25) is 4.79 Å². The summed E-state index contributed by atoms with van der Waals surface area (Å²) in [5, 5.41) is 3.38. The first-order valence-corrected chi connectivity index (χ1v) is 5.28. The minimum absolute atomic E-state index is 0.146. The van der Waals surface area contributed by atoms with Crippen molar-refractivity contribution in [3.05, 3.63) is 28.8 Å². The van der Waals surface area contributed by atoms with Gasteiger partial charge in [-0.15, -0.1) is 0 Å². The summed E-state index contributed by atoms with van der Waals surface area (Å²) in [5.41, 5.74) is 6.57. The lowest BCUT2D eigenvalue weighted by Crippen LogP contribution is -2.32. The lowest BCUT2D eigenvalue weighted by molar-refractivity contribution is 0.0940. The van der Waals surface area contributed by atoms with E-state index >= 15 is 0 Å². The summed E-state index contributed by atoms with van der Waals surface area (Å²) >= 11 is 5.74. The summed E-state index contributed by atoms with van der Waals surface area (Å²) in [7, 11) is 0. The van der Waals surface area contributed by atoms with E-state index in [0.29, 0.717) is 16.3 Å². The maximum absolute atomic E-state index is 11.7. The van der Waals surface area contributed by atoms with Crippen LogP contribution in [0.5, 0.6) is 0 Å². The third kappa shape index (κ3) is 3.13. The van der Waals surface area contributed by atoms with Crippen LogP contribution in [0.4, 0.5) is 5.69 Å². The largest absolute Gasteiger partial charge is 0.398 e. The van der Waals surface area contributed by atoms with Crippen molar-refractivity contribution in [3.63, 3.8) is 0 Å². The SMILES string of the molecule is CCC(C)NC(=O)c1ccc(Cl)cc1N. The monoisotopic (exact) mass is 226 g/mol. The van der Waals surface area contributed by atoms with Gasteiger partial charge in [0.05, 0.1) is 5.56 Å². The number of hydrogen-bond acceptors (Lipinski definition) is 2. The zero-order valence-electron chi connectivity index (χ0n) is 8.88. The van der Waals surface area contributed by atoms with Gasteiger partial charge in [0.15, 0.2) is 0 Å². The molecular formula is C11H15ClN2O. The van der Waals surface area contributed by atoms with Crippen LogP contribution in [0.25, 0.3) is 0 Å². The number of benzene rings is 1. The van der Waals surface area contributed by atoms with Gasteiger partial charge in [-0.25, -0.2) is 0 Å². The first-order chi connectivity index (χ1) is 7.04. The molecule has 1 aromatic carbocycles. The molecule has 82 valence electrons. The van der Waals surface area contributed by atoms with Crippen LogP contribution >= 0.6 is 11.6 Å². The van der Waals surface area contributed by atoms with Crippen molar-refractivity contribution in [1.82, 2.24) is 5.32 Å². The Balaban J connectivity index is 2.82. The summed E-state index contributed by atoms with van der Waals surface area (Å²) in [6.45, 7) is 3.96. The van der Waals surface area contributed by atoms with Gasteiger partial charge in [0.25, 0.3) is 5.91 Å². The van der Waals surface area contributed by atoms with E-state index in [4.69, 9.17) is 17.3 Å². The molecule has 0 fully saturated rings. The molecule has 0 saturated carbocycles. The summed E-state index contributed by atoms with van der Waals surface area (Å²) in [6, 6.07) is 5.01. The first kappa shape index (κ1) is 11.9. The highest BCUT2D eigenvalue weighted by atomic mass is 35.5. The van der Waals surface area contributed by atoms with Crippen LogP contribution in [0.15, 0.2) is 18.2 Å². The van der Waals surface area contributed by atoms with Crippen molar-refractivity contribution in [2.24, 2.45) is 0 Å². The van der Waals surface area contributed by atoms with Crippen molar-refractivity contribution in [2.75, 3.05) is 5.73 Å². The van der Waals surface area contributed by atoms with Crippen LogP contribution in [0.3, 0.4) is 0 Å². The Hall–Kier alpha value is -1.22. The molecule has 1 atom stereocenters. The molecular weight excluding hydrogens is 212 g/mol. The molecule has 0 heterocycles. The second-order valence-electron chi connectivity index (χ2n) is 3.51. The van der Waals surface area contributed by atoms with E-state index in [1.165, 1.54) is 0 Å². The normalized spacial score (nSPS) is 12.2. The number of nitrogens with two attached hydrogens (primary N) is 1. The van der Waals surface area contributed by atoms with E-state index in [9.17, 15) is 4.79 Å². The maximum Gasteiger partial charge on any atom is 0.253 e. The number of anilines is 1.